The van der Waals surface area contributed by atoms with Gasteiger partial charge in [0.2, 0.25) is 0 Å². The molecule has 0 saturated carbocycles. The molecule has 0 bridgehead atoms. The van der Waals surface area contributed by atoms with E-state index >= 15 is 0 Å². The molecule has 0 aromatic rings. The Kier molecular flexibility index (Phi) is 39.1. The maximum atomic E-state index is 5.71. The van der Waals surface area contributed by atoms with Gasteiger partial charge in [-0.1, -0.05) is 40.0 Å². The molecule has 260 valence electrons. The van der Waals surface area contributed by atoms with E-state index in [9.17, 15) is 0 Å². The average molecular weight is 629 g/mol. The van der Waals surface area contributed by atoms with Gasteiger partial charge in [-0.2, -0.15) is 0 Å². The quantitative estimate of drug-likeness (QED) is 0.0728. The monoisotopic (exact) mass is 628 g/mol. The predicted octanol–water partition coefficient (Wildman–Crippen LogP) is 3.87. The standard InChI is InChI=1S/C31H64O12/c1-4-7-10-32-13-16-35-19-22-38-25-28-41-31(42-29-26-39-23-20-36-17-14-33-11-8-5-2)43-30-27-40-24-21-37-18-15-34-12-9-6-3/h31H,4-30H2,1-3H3. The van der Waals surface area contributed by atoms with E-state index in [0.717, 1.165) is 58.3 Å². The molecule has 0 fully saturated rings. The Balaban J connectivity index is 3.90. The third-order valence-electron chi connectivity index (χ3n) is 5.60. The Morgan fingerprint density at radius 3 is 0.651 bits per heavy atom. The predicted molar refractivity (Wildman–Crippen MR) is 164 cm³/mol. The van der Waals surface area contributed by atoms with Crippen LogP contribution in [0.25, 0.3) is 0 Å². The SMILES string of the molecule is CCCCOCCOCCOCCOC(OCCOCCOCCOCCCC)OCCOCCOCCOCCCC. The first-order valence-corrected chi connectivity index (χ1v) is 16.4. The van der Waals surface area contributed by atoms with Gasteiger partial charge in [0.15, 0.2) is 0 Å². The van der Waals surface area contributed by atoms with Crippen molar-refractivity contribution in [3.8, 4) is 0 Å². The van der Waals surface area contributed by atoms with Crippen LogP contribution in [0.2, 0.25) is 0 Å². The Bertz CT molecular complexity index is 423. The number of ether oxygens (including phenoxy) is 12. The normalized spacial score (nSPS) is 11.7. The van der Waals surface area contributed by atoms with Gasteiger partial charge in [0, 0.05) is 19.8 Å². The summed E-state index contributed by atoms with van der Waals surface area (Å²) in [6, 6.07) is 0. The summed E-state index contributed by atoms with van der Waals surface area (Å²) in [5.74, 6) is 0. The fourth-order valence-electron chi connectivity index (χ4n) is 3.12. The summed E-state index contributed by atoms with van der Waals surface area (Å²) in [6.45, 7) is 16.5. The minimum atomic E-state index is -0.847. The van der Waals surface area contributed by atoms with Crippen LogP contribution in [0.1, 0.15) is 59.3 Å². The van der Waals surface area contributed by atoms with Crippen molar-refractivity contribution in [3.63, 3.8) is 0 Å². The molecule has 0 amide bonds. The Hall–Kier alpha value is -0.480. The second kappa shape index (κ2) is 39.5. The van der Waals surface area contributed by atoms with E-state index in [1.165, 1.54) is 0 Å². The minimum absolute atomic E-state index is 0.314. The van der Waals surface area contributed by atoms with Gasteiger partial charge in [0.05, 0.1) is 119 Å². The molecule has 0 radical (unpaired) electrons. The molecule has 0 unspecified atom stereocenters. The van der Waals surface area contributed by atoms with Crippen molar-refractivity contribution in [2.75, 3.05) is 139 Å². The minimum Gasteiger partial charge on any atom is -0.379 e. The molecule has 0 heterocycles. The maximum Gasteiger partial charge on any atom is 0.271 e. The van der Waals surface area contributed by atoms with E-state index in [4.69, 9.17) is 56.8 Å². The molecule has 0 atom stereocenters. The molecule has 0 saturated heterocycles. The van der Waals surface area contributed by atoms with Crippen LogP contribution in [0.5, 0.6) is 0 Å². The van der Waals surface area contributed by atoms with Gasteiger partial charge in [0.1, 0.15) is 0 Å². The first-order chi connectivity index (χ1) is 21.3. The van der Waals surface area contributed by atoms with Gasteiger partial charge in [-0.05, 0) is 19.3 Å². The Labute approximate surface area is 261 Å². The van der Waals surface area contributed by atoms with E-state index < -0.39 is 6.48 Å². The third kappa shape index (κ3) is 37.6. The largest absolute Gasteiger partial charge is 0.379 e. The van der Waals surface area contributed by atoms with Crippen LogP contribution in [-0.2, 0) is 56.8 Å². The van der Waals surface area contributed by atoms with Crippen LogP contribution in [0.3, 0.4) is 0 Å². The van der Waals surface area contributed by atoms with Gasteiger partial charge >= 0.3 is 0 Å². The molecule has 12 nitrogen and oxygen atoms in total. The summed E-state index contributed by atoms with van der Waals surface area (Å²) >= 11 is 0. The topological polar surface area (TPSA) is 111 Å². The summed E-state index contributed by atoms with van der Waals surface area (Å²) in [7, 11) is 0. The second-order valence-corrected chi connectivity index (χ2v) is 9.47. The summed E-state index contributed by atoms with van der Waals surface area (Å²) in [6.07, 6.45) is 6.62. The second-order valence-electron chi connectivity index (χ2n) is 9.47. The highest BCUT2D eigenvalue weighted by Crippen LogP contribution is 1.99. The van der Waals surface area contributed by atoms with Gasteiger partial charge in [-0.3, -0.25) is 0 Å². The number of hydrogen-bond donors (Lipinski definition) is 0. The summed E-state index contributed by atoms with van der Waals surface area (Å²) in [4.78, 5) is 0. The van der Waals surface area contributed by atoms with Gasteiger partial charge in [-0.15, -0.1) is 0 Å². The summed E-state index contributed by atoms with van der Waals surface area (Å²) in [5.41, 5.74) is 0. The van der Waals surface area contributed by atoms with Crippen molar-refractivity contribution >= 4 is 0 Å². The van der Waals surface area contributed by atoms with Crippen molar-refractivity contribution in [2.24, 2.45) is 0 Å². The van der Waals surface area contributed by atoms with E-state index in [1.54, 1.807) is 0 Å². The molecular weight excluding hydrogens is 564 g/mol. The zero-order valence-corrected chi connectivity index (χ0v) is 27.6. The molecular formula is C31H64O12. The van der Waals surface area contributed by atoms with Gasteiger partial charge in [0.25, 0.3) is 6.48 Å². The molecule has 0 N–H and O–H groups in total. The average Bonchev–Trinajstić information content (AvgIpc) is 3.02. The highest BCUT2D eigenvalue weighted by atomic mass is 16.8. The summed E-state index contributed by atoms with van der Waals surface area (Å²) in [5, 5.41) is 0. The molecule has 12 heteroatoms. The van der Waals surface area contributed by atoms with Gasteiger partial charge < -0.3 is 56.8 Å². The van der Waals surface area contributed by atoms with Crippen LogP contribution in [0, 0.1) is 0 Å². The molecule has 0 rings (SSSR count). The van der Waals surface area contributed by atoms with Crippen molar-refractivity contribution < 1.29 is 56.8 Å². The maximum absolute atomic E-state index is 5.71. The van der Waals surface area contributed by atoms with Gasteiger partial charge in [-0.25, -0.2) is 0 Å². The number of hydrogen-bond acceptors (Lipinski definition) is 12. The number of rotatable bonds is 39. The highest BCUT2D eigenvalue weighted by molar-refractivity contribution is 4.40. The van der Waals surface area contributed by atoms with E-state index in [1.807, 2.05) is 0 Å². The molecule has 0 aromatic carbocycles. The van der Waals surface area contributed by atoms with Crippen LogP contribution in [-0.4, -0.2) is 145 Å². The van der Waals surface area contributed by atoms with Crippen molar-refractivity contribution in [1.29, 1.82) is 0 Å². The lowest BCUT2D eigenvalue weighted by molar-refractivity contribution is -0.295. The zero-order chi connectivity index (χ0) is 31.2. The molecule has 0 aliphatic heterocycles. The lowest BCUT2D eigenvalue weighted by Crippen LogP contribution is -2.27. The third-order valence-corrected chi connectivity index (χ3v) is 5.60. The van der Waals surface area contributed by atoms with Crippen molar-refractivity contribution in [3.05, 3.63) is 0 Å². The highest BCUT2D eigenvalue weighted by Gasteiger charge is 2.10. The van der Waals surface area contributed by atoms with Crippen LogP contribution in [0.15, 0.2) is 0 Å². The van der Waals surface area contributed by atoms with Crippen molar-refractivity contribution in [1.82, 2.24) is 0 Å². The van der Waals surface area contributed by atoms with Crippen LogP contribution < -0.4 is 0 Å². The zero-order valence-electron chi connectivity index (χ0n) is 27.6. The number of unbranched alkanes of at least 4 members (excludes halogenated alkanes) is 3. The van der Waals surface area contributed by atoms with Crippen LogP contribution in [0.4, 0.5) is 0 Å². The summed E-state index contributed by atoms with van der Waals surface area (Å²) < 4.78 is 66.7. The fourth-order valence-corrected chi connectivity index (χ4v) is 3.12. The van der Waals surface area contributed by atoms with Crippen molar-refractivity contribution in [2.45, 2.75) is 65.8 Å². The molecule has 43 heavy (non-hydrogen) atoms. The van der Waals surface area contributed by atoms with E-state index in [2.05, 4.69) is 20.8 Å². The van der Waals surface area contributed by atoms with E-state index in [-0.39, 0.29) is 0 Å². The smallest absolute Gasteiger partial charge is 0.271 e. The Morgan fingerprint density at radius 1 is 0.256 bits per heavy atom. The first-order valence-electron chi connectivity index (χ1n) is 16.4. The Morgan fingerprint density at radius 2 is 0.442 bits per heavy atom. The van der Waals surface area contributed by atoms with E-state index in [0.29, 0.717) is 119 Å². The lowest BCUT2D eigenvalue weighted by Gasteiger charge is -2.19. The molecule has 0 spiro atoms. The first kappa shape index (κ1) is 42.5. The fraction of sp³-hybridized carbons (Fsp3) is 1.00. The molecule has 0 aliphatic carbocycles. The van der Waals surface area contributed by atoms with Crippen LogP contribution >= 0.6 is 0 Å². The molecule has 0 aromatic heterocycles. The molecule has 0 aliphatic rings. The lowest BCUT2D eigenvalue weighted by atomic mass is 10.4.